The Balaban J connectivity index is 2.88. The molecule has 1 rings (SSSR count). The summed E-state index contributed by atoms with van der Waals surface area (Å²) in [6.45, 7) is 1.35. The number of unbranched alkanes of at least 4 members (excludes halogenated alkanes) is 3. The van der Waals surface area contributed by atoms with Gasteiger partial charge in [0.15, 0.2) is 5.78 Å². The van der Waals surface area contributed by atoms with Gasteiger partial charge in [-0.2, -0.15) is 0 Å². The molecule has 0 spiro atoms. The maximum Gasteiger partial charge on any atom is 0.310 e. The molecule has 0 aliphatic rings. The first kappa shape index (κ1) is 16.9. The summed E-state index contributed by atoms with van der Waals surface area (Å²) in [4.78, 5) is 33.3. The van der Waals surface area contributed by atoms with Gasteiger partial charge in [-0.15, -0.1) is 0 Å². The standard InChI is InChI=1S/C16H20O5/c1-11(18)15-10-12(19)7-8-13(15)14(16(20)21)6-4-2-3-5-9-17/h7-10,14,19H,2-6H2,1H3,(H,20,21). The lowest BCUT2D eigenvalue weighted by Crippen LogP contribution is -2.15. The molecule has 5 nitrogen and oxygen atoms in total. The van der Waals surface area contributed by atoms with Gasteiger partial charge in [0.25, 0.3) is 0 Å². The van der Waals surface area contributed by atoms with E-state index in [0.29, 0.717) is 24.8 Å². The number of aliphatic carboxylic acids is 1. The fourth-order valence-corrected chi connectivity index (χ4v) is 2.32. The van der Waals surface area contributed by atoms with Crippen LogP contribution in [0, 0.1) is 0 Å². The molecule has 0 aromatic heterocycles. The predicted molar refractivity (Wildman–Crippen MR) is 77.6 cm³/mol. The van der Waals surface area contributed by atoms with Crippen molar-refractivity contribution in [3.63, 3.8) is 0 Å². The fraction of sp³-hybridized carbons (Fsp3) is 0.438. The van der Waals surface area contributed by atoms with Gasteiger partial charge in [-0.1, -0.05) is 18.9 Å². The number of Topliss-reactive ketones (excluding diaryl/α,β-unsaturated/α-hetero) is 1. The average Bonchev–Trinajstić information content (AvgIpc) is 2.43. The highest BCUT2D eigenvalue weighted by Crippen LogP contribution is 2.29. The van der Waals surface area contributed by atoms with Gasteiger partial charge in [0.05, 0.1) is 5.92 Å². The van der Waals surface area contributed by atoms with Crippen LogP contribution in [0.25, 0.3) is 0 Å². The lowest BCUT2D eigenvalue weighted by Gasteiger charge is -2.16. The van der Waals surface area contributed by atoms with E-state index < -0.39 is 11.9 Å². The van der Waals surface area contributed by atoms with E-state index in [1.165, 1.54) is 25.1 Å². The zero-order valence-corrected chi connectivity index (χ0v) is 12.0. The Bertz CT molecular complexity index is 521. The van der Waals surface area contributed by atoms with Crippen LogP contribution in [0.3, 0.4) is 0 Å². The normalized spacial score (nSPS) is 11.9. The van der Waals surface area contributed by atoms with E-state index in [4.69, 9.17) is 0 Å². The monoisotopic (exact) mass is 292 g/mol. The molecule has 2 N–H and O–H groups in total. The summed E-state index contributed by atoms with van der Waals surface area (Å²) in [7, 11) is 0. The van der Waals surface area contributed by atoms with Crippen LogP contribution in [0.5, 0.6) is 5.75 Å². The average molecular weight is 292 g/mol. The lowest BCUT2D eigenvalue weighted by molar-refractivity contribution is -0.139. The number of phenols is 1. The van der Waals surface area contributed by atoms with Crippen LogP contribution in [0.1, 0.15) is 60.9 Å². The van der Waals surface area contributed by atoms with Crippen LogP contribution in [-0.4, -0.2) is 28.3 Å². The highest BCUT2D eigenvalue weighted by molar-refractivity contribution is 5.97. The van der Waals surface area contributed by atoms with Crippen LogP contribution in [0.15, 0.2) is 18.2 Å². The van der Waals surface area contributed by atoms with Crippen LogP contribution in [0.2, 0.25) is 0 Å². The summed E-state index contributed by atoms with van der Waals surface area (Å²) in [6.07, 6.45) is 3.92. The van der Waals surface area contributed by atoms with Crippen molar-refractivity contribution >= 4 is 18.0 Å². The molecular formula is C16H20O5. The molecule has 1 unspecified atom stereocenters. The molecule has 21 heavy (non-hydrogen) atoms. The van der Waals surface area contributed by atoms with Gasteiger partial charge in [0.1, 0.15) is 12.0 Å². The number of carbonyl (C=O) groups is 3. The molecule has 0 amide bonds. The number of phenolic OH excluding ortho intramolecular Hbond substituents is 1. The topological polar surface area (TPSA) is 91.7 Å². The van der Waals surface area contributed by atoms with Gasteiger partial charge in [0.2, 0.25) is 0 Å². The number of benzene rings is 1. The minimum absolute atomic E-state index is 0.0564. The molecule has 114 valence electrons. The number of carbonyl (C=O) groups excluding carboxylic acids is 2. The highest BCUT2D eigenvalue weighted by atomic mass is 16.4. The summed E-state index contributed by atoms with van der Waals surface area (Å²) >= 11 is 0. The Kier molecular flexibility index (Phi) is 6.59. The van der Waals surface area contributed by atoms with Crippen molar-refractivity contribution < 1.29 is 24.6 Å². The number of hydrogen-bond acceptors (Lipinski definition) is 4. The molecule has 5 heteroatoms. The first-order chi connectivity index (χ1) is 9.97. The number of carboxylic acids is 1. The zero-order valence-electron chi connectivity index (χ0n) is 12.0. The molecule has 0 aliphatic carbocycles. The Labute approximate surface area is 123 Å². The smallest absolute Gasteiger partial charge is 0.310 e. The Hall–Kier alpha value is -2.17. The van der Waals surface area contributed by atoms with E-state index in [9.17, 15) is 24.6 Å². The molecule has 1 atom stereocenters. The Morgan fingerprint density at radius 2 is 1.95 bits per heavy atom. The molecule has 0 fully saturated rings. The summed E-state index contributed by atoms with van der Waals surface area (Å²) in [5.41, 5.74) is 0.679. The minimum atomic E-state index is -0.987. The third-order valence-electron chi connectivity index (χ3n) is 3.40. The number of ketones is 1. The van der Waals surface area contributed by atoms with E-state index in [2.05, 4.69) is 0 Å². The molecule has 0 heterocycles. The lowest BCUT2D eigenvalue weighted by atomic mass is 9.88. The van der Waals surface area contributed by atoms with Gasteiger partial charge in [-0.3, -0.25) is 9.59 Å². The maximum atomic E-state index is 11.6. The summed E-state index contributed by atoms with van der Waals surface area (Å²) < 4.78 is 0. The molecular weight excluding hydrogens is 272 g/mol. The van der Waals surface area contributed by atoms with Crippen LogP contribution in [-0.2, 0) is 9.59 Å². The molecule has 0 saturated carbocycles. The van der Waals surface area contributed by atoms with E-state index in [1.807, 2.05) is 0 Å². The summed E-state index contributed by atoms with van der Waals surface area (Å²) in [5.74, 6) is -2.09. The third-order valence-corrected chi connectivity index (χ3v) is 3.40. The number of hydrogen-bond donors (Lipinski definition) is 2. The van der Waals surface area contributed by atoms with Gasteiger partial charge in [0, 0.05) is 12.0 Å². The largest absolute Gasteiger partial charge is 0.508 e. The summed E-state index contributed by atoms with van der Waals surface area (Å²) in [6, 6.07) is 4.19. The maximum absolute atomic E-state index is 11.6. The number of aldehydes is 1. The zero-order chi connectivity index (χ0) is 15.8. The van der Waals surface area contributed by atoms with Crippen molar-refractivity contribution in [1.29, 1.82) is 0 Å². The van der Waals surface area contributed by atoms with Crippen LogP contribution in [0.4, 0.5) is 0 Å². The SMILES string of the molecule is CC(=O)c1cc(O)ccc1C(CCCCCC=O)C(=O)O. The van der Waals surface area contributed by atoms with Crippen LogP contribution < -0.4 is 0 Å². The highest BCUT2D eigenvalue weighted by Gasteiger charge is 2.24. The second-order valence-corrected chi connectivity index (χ2v) is 5.02. The van der Waals surface area contributed by atoms with Gasteiger partial charge < -0.3 is 15.0 Å². The fourth-order valence-electron chi connectivity index (χ4n) is 2.32. The second-order valence-electron chi connectivity index (χ2n) is 5.02. The van der Waals surface area contributed by atoms with Gasteiger partial charge >= 0.3 is 5.97 Å². The van der Waals surface area contributed by atoms with E-state index >= 15 is 0 Å². The quantitative estimate of drug-likeness (QED) is 0.415. The molecule has 1 aromatic carbocycles. The third kappa shape index (κ3) is 5.02. The number of carboxylic acid groups (broad SMARTS) is 1. The first-order valence-electron chi connectivity index (χ1n) is 6.97. The van der Waals surface area contributed by atoms with Gasteiger partial charge in [-0.05, 0) is 37.5 Å². The minimum Gasteiger partial charge on any atom is -0.508 e. The van der Waals surface area contributed by atoms with Crippen molar-refractivity contribution in [2.45, 2.75) is 44.9 Å². The number of rotatable bonds is 9. The molecule has 1 aromatic rings. The predicted octanol–water partition coefficient (Wildman–Crippen LogP) is 2.91. The van der Waals surface area contributed by atoms with E-state index in [-0.39, 0.29) is 17.1 Å². The van der Waals surface area contributed by atoms with Crippen molar-refractivity contribution in [1.82, 2.24) is 0 Å². The van der Waals surface area contributed by atoms with Crippen LogP contribution >= 0.6 is 0 Å². The Morgan fingerprint density at radius 3 is 2.52 bits per heavy atom. The van der Waals surface area contributed by atoms with Crippen molar-refractivity contribution in [3.05, 3.63) is 29.3 Å². The molecule has 0 radical (unpaired) electrons. The van der Waals surface area contributed by atoms with E-state index in [1.54, 1.807) is 0 Å². The first-order valence-corrected chi connectivity index (χ1v) is 6.97. The van der Waals surface area contributed by atoms with E-state index in [0.717, 1.165) is 19.1 Å². The summed E-state index contributed by atoms with van der Waals surface area (Å²) in [5, 5.41) is 18.8. The molecule has 0 bridgehead atoms. The molecule has 0 aliphatic heterocycles. The second kappa shape index (κ2) is 8.19. The number of aromatic hydroxyl groups is 1. The van der Waals surface area contributed by atoms with Crippen molar-refractivity contribution in [3.8, 4) is 5.75 Å². The van der Waals surface area contributed by atoms with Crippen molar-refractivity contribution in [2.24, 2.45) is 0 Å². The molecule has 0 saturated heterocycles. The van der Waals surface area contributed by atoms with Gasteiger partial charge in [-0.25, -0.2) is 0 Å². The Morgan fingerprint density at radius 1 is 1.24 bits per heavy atom. The van der Waals surface area contributed by atoms with Crippen molar-refractivity contribution in [2.75, 3.05) is 0 Å².